The predicted molar refractivity (Wildman–Crippen MR) is 141 cm³/mol. The Morgan fingerprint density at radius 1 is 1.21 bits per heavy atom. The first-order valence-corrected chi connectivity index (χ1v) is 13.0. The zero-order valence-electron chi connectivity index (χ0n) is 19.0. The summed E-state index contributed by atoms with van der Waals surface area (Å²) in [6.07, 6.45) is 1.19. The van der Waals surface area contributed by atoms with E-state index in [-0.39, 0.29) is 17.1 Å². The highest BCUT2D eigenvalue weighted by atomic mass is 79.9. The normalized spacial score (nSPS) is 19.8. The van der Waals surface area contributed by atoms with Crippen LogP contribution in [0.5, 0.6) is 0 Å². The molecule has 1 unspecified atom stereocenters. The molecule has 2 aliphatic rings. The maximum atomic E-state index is 13.7. The summed E-state index contributed by atoms with van der Waals surface area (Å²) in [6, 6.07) is 13.2. The van der Waals surface area contributed by atoms with Crippen LogP contribution in [0.15, 0.2) is 69.5 Å². The van der Waals surface area contributed by atoms with Gasteiger partial charge in [-0.25, -0.2) is 4.98 Å². The average molecular weight is 557 g/mol. The first kappa shape index (κ1) is 23.3. The van der Waals surface area contributed by atoms with Gasteiger partial charge in [0.25, 0.3) is 5.91 Å². The molecule has 8 heteroatoms. The highest BCUT2D eigenvalue weighted by Gasteiger charge is 2.42. The molecule has 3 aromatic rings. The molecule has 1 aliphatic heterocycles. The van der Waals surface area contributed by atoms with Gasteiger partial charge in [-0.05, 0) is 54.7 Å². The molecule has 0 spiro atoms. The molecular formula is C26H23BrClN3O2S. The van der Waals surface area contributed by atoms with Crippen molar-refractivity contribution in [3.05, 3.63) is 80.1 Å². The predicted octanol–water partition coefficient (Wildman–Crippen LogP) is 6.95. The van der Waals surface area contributed by atoms with Crippen molar-refractivity contribution in [3.63, 3.8) is 0 Å². The van der Waals surface area contributed by atoms with Crippen molar-refractivity contribution in [3.8, 4) is 0 Å². The van der Waals surface area contributed by atoms with Gasteiger partial charge in [0, 0.05) is 44.4 Å². The van der Waals surface area contributed by atoms with Crippen LogP contribution < -0.4 is 10.6 Å². The van der Waals surface area contributed by atoms with Crippen molar-refractivity contribution in [2.24, 2.45) is 5.41 Å². The van der Waals surface area contributed by atoms with Crippen LogP contribution in [-0.4, -0.2) is 16.7 Å². The number of nitrogens with zero attached hydrogens (tertiary/aromatic N) is 1. The topological polar surface area (TPSA) is 71.1 Å². The monoisotopic (exact) mass is 555 g/mol. The zero-order valence-corrected chi connectivity index (χ0v) is 22.1. The fourth-order valence-corrected chi connectivity index (χ4v) is 6.38. The van der Waals surface area contributed by atoms with Gasteiger partial charge in [0.15, 0.2) is 10.9 Å². The number of carbonyl (C=O) groups excluding carboxylic acids is 2. The number of benzene rings is 2. The van der Waals surface area contributed by atoms with Crippen LogP contribution in [-0.2, 0) is 9.59 Å². The number of hydrogen-bond donors (Lipinski definition) is 2. The summed E-state index contributed by atoms with van der Waals surface area (Å²) in [5.41, 5.74) is 4.39. The lowest BCUT2D eigenvalue weighted by molar-refractivity contribution is -0.118. The average Bonchev–Trinajstić information content (AvgIpc) is 3.13. The number of aromatic nitrogens is 1. The van der Waals surface area contributed by atoms with Crippen LogP contribution in [0.2, 0.25) is 5.02 Å². The lowest BCUT2D eigenvalue weighted by Crippen LogP contribution is -2.39. The van der Waals surface area contributed by atoms with Gasteiger partial charge in [-0.15, -0.1) is 0 Å². The molecule has 1 aromatic heterocycles. The van der Waals surface area contributed by atoms with Crippen LogP contribution in [0.3, 0.4) is 0 Å². The number of allylic oxidation sites excluding steroid dienone is 3. The van der Waals surface area contributed by atoms with Gasteiger partial charge in [-0.2, -0.15) is 0 Å². The highest BCUT2D eigenvalue weighted by molar-refractivity contribution is 9.10. The number of hydrogen-bond acceptors (Lipinski definition) is 5. The van der Waals surface area contributed by atoms with E-state index in [2.05, 4.69) is 45.4 Å². The highest BCUT2D eigenvalue weighted by Crippen LogP contribution is 2.47. The number of anilines is 1. The number of halogens is 2. The number of Topliss-reactive ketones (excluding diaryl/α,β-unsaturated/α-hetero) is 1. The molecular weight excluding hydrogens is 534 g/mol. The Hall–Kier alpha value is -2.48. The van der Waals surface area contributed by atoms with E-state index in [1.807, 2.05) is 37.3 Å². The van der Waals surface area contributed by atoms with Gasteiger partial charge in [0.2, 0.25) is 0 Å². The third kappa shape index (κ3) is 4.32. The number of nitrogens with one attached hydrogen (secondary N) is 2. The summed E-state index contributed by atoms with van der Waals surface area (Å²) >= 11 is 11.0. The van der Waals surface area contributed by atoms with E-state index in [1.54, 1.807) is 12.1 Å². The molecule has 1 aliphatic carbocycles. The molecule has 5 nitrogen and oxygen atoms in total. The summed E-state index contributed by atoms with van der Waals surface area (Å²) in [7, 11) is 0. The quantitative estimate of drug-likeness (QED) is 0.366. The molecule has 2 heterocycles. The van der Waals surface area contributed by atoms with E-state index >= 15 is 0 Å². The zero-order chi connectivity index (χ0) is 24.2. The van der Waals surface area contributed by atoms with Crippen molar-refractivity contribution in [1.82, 2.24) is 10.3 Å². The molecule has 0 saturated carbocycles. The van der Waals surface area contributed by atoms with Gasteiger partial charge in [-0.3, -0.25) is 14.9 Å². The second-order valence-electron chi connectivity index (χ2n) is 9.57. The van der Waals surface area contributed by atoms with E-state index in [4.69, 9.17) is 11.6 Å². The van der Waals surface area contributed by atoms with E-state index in [0.29, 0.717) is 27.7 Å². The lowest BCUT2D eigenvalue weighted by atomic mass is 9.68. The molecule has 0 fully saturated rings. The minimum Gasteiger partial charge on any atom is -0.362 e. The fraction of sp³-hybridized carbons (Fsp3) is 0.269. The summed E-state index contributed by atoms with van der Waals surface area (Å²) in [6.45, 7) is 6.09. The van der Waals surface area contributed by atoms with Gasteiger partial charge in [-0.1, -0.05) is 64.8 Å². The molecule has 0 saturated heterocycles. The number of carbonyl (C=O) groups is 2. The minimum atomic E-state index is -0.472. The first-order chi connectivity index (χ1) is 16.1. The van der Waals surface area contributed by atoms with Crippen LogP contribution >= 0.6 is 38.9 Å². The first-order valence-electron chi connectivity index (χ1n) is 11.0. The summed E-state index contributed by atoms with van der Waals surface area (Å²) < 4.78 is 1.93. The van der Waals surface area contributed by atoms with Crippen molar-refractivity contribution >= 4 is 65.9 Å². The second kappa shape index (κ2) is 8.63. The molecule has 174 valence electrons. The molecule has 2 N–H and O–H groups in total. The number of thiazole rings is 1. The SMILES string of the molecule is CC1=C(C(=O)Nc2nc3ccc(Br)cc3s2)C(c2ccc(Cl)cc2)C2=C(CC(C)(C)CC2=O)N1. The molecule has 1 atom stereocenters. The van der Waals surface area contributed by atoms with Gasteiger partial charge in [0.1, 0.15) is 0 Å². The standard InChI is InChI=1S/C26H23BrClN3O2S/c1-13-21(24(33)31-25-30-17-9-6-15(27)10-20(17)34-25)22(14-4-7-16(28)8-5-14)23-18(29-13)11-26(2,3)12-19(23)32/h4-10,22,29H,11-12H2,1-3H3,(H,30,31,33). The van der Waals surface area contributed by atoms with Crippen LogP contribution in [0.1, 0.15) is 45.1 Å². The third-order valence-electron chi connectivity index (χ3n) is 6.26. The van der Waals surface area contributed by atoms with Crippen molar-refractivity contribution in [2.75, 3.05) is 5.32 Å². The van der Waals surface area contributed by atoms with Crippen LogP contribution in [0.4, 0.5) is 5.13 Å². The Kier molecular flexibility index (Phi) is 5.91. The molecule has 0 bridgehead atoms. The summed E-state index contributed by atoms with van der Waals surface area (Å²) in [4.78, 5) is 31.6. The number of ketones is 1. The van der Waals surface area contributed by atoms with Crippen LogP contribution in [0.25, 0.3) is 10.2 Å². The Bertz CT molecular complexity index is 1410. The van der Waals surface area contributed by atoms with E-state index in [0.717, 1.165) is 38.1 Å². The Balaban J connectivity index is 1.57. The molecule has 2 aromatic carbocycles. The smallest absolute Gasteiger partial charge is 0.256 e. The molecule has 5 rings (SSSR count). The number of fused-ring (bicyclic) bond motifs is 1. The minimum absolute atomic E-state index is 0.0707. The largest absolute Gasteiger partial charge is 0.362 e. The molecule has 34 heavy (non-hydrogen) atoms. The molecule has 1 amide bonds. The fourth-order valence-electron chi connectivity index (χ4n) is 4.84. The van der Waals surface area contributed by atoms with E-state index in [9.17, 15) is 9.59 Å². The van der Waals surface area contributed by atoms with Crippen molar-refractivity contribution in [2.45, 2.75) is 39.5 Å². The Labute approximate surface area is 215 Å². The number of rotatable bonds is 3. The Morgan fingerprint density at radius 3 is 2.68 bits per heavy atom. The Morgan fingerprint density at radius 2 is 1.94 bits per heavy atom. The number of dihydropyridines is 1. The lowest BCUT2D eigenvalue weighted by Gasteiger charge is -2.39. The van der Waals surface area contributed by atoms with Gasteiger partial charge >= 0.3 is 0 Å². The molecule has 0 radical (unpaired) electrons. The van der Waals surface area contributed by atoms with E-state index in [1.165, 1.54) is 11.3 Å². The van der Waals surface area contributed by atoms with Crippen LogP contribution in [0, 0.1) is 5.41 Å². The van der Waals surface area contributed by atoms with Gasteiger partial charge < -0.3 is 5.32 Å². The summed E-state index contributed by atoms with van der Waals surface area (Å²) in [5.74, 6) is -0.672. The second-order valence-corrected chi connectivity index (χ2v) is 11.9. The van der Waals surface area contributed by atoms with Crippen molar-refractivity contribution < 1.29 is 9.59 Å². The third-order valence-corrected chi connectivity index (χ3v) is 7.94. The van der Waals surface area contributed by atoms with E-state index < -0.39 is 5.92 Å². The van der Waals surface area contributed by atoms with Gasteiger partial charge in [0.05, 0.1) is 10.2 Å². The van der Waals surface area contributed by atoms with Crippen molar-refractivity contribution in [1.29, 1.82) is 0 Å². The number of amides is 1. The summed E-state index contributed by atoms with van der Waals surface area (Å²) in [5, 5.41) is 7.50. The maximum absolute atomic E-state index is 13.7. The maximum Gasteiger partial charge on any atom is 0.256 e.